The summed E-state index contributed by atoms with van der Waals surface area (Å²) in [4.78, 5) is 4.62. The fourth-order valence-electron chi connectivity index (χ4n) is 1.86. The van der Waals surface area contributed by atoms with Gasteiger partial charge in [0.25, 0.3) is 0 Å². The average molecular weight is 341 g/mol. The maximum atomic E-state index is 5.43. The Labute approximate surface area is 123 Å². The van der Waals surface area contributed by atoms with E-state index in [4.69, 9.17) is 9.47 Å². The van der Waals surface area contributed by atoms with Crippen LogP contribution in [0.5, 0.6) is 11.5 Å². The number of nitrogens with one attached hydrogen (secondary N) is 1. The number of aromatic nitrogens is 1. The molecule has 1 aliphatic heterocycles. The normalized spacial score (nSPS) is 12.9. The highest BCUT2D eigenvalue weighted by Crippen LogP contribution is 2.42. The van der Waals surface area contributed by atoms with E-state index in [0.29, 0.717) is 0 Å². The zero-order valence-electron chi connectivity index (χ0n) is 10.4. The number of benzene rings is 1. The molecule has 0 aliphatic carbocycles. The summed E-state index contributed by atoms with van der Waals surface area (Å²) >= 11 is 5.14. The first kappa shape index (κ1) is 12.9. The Bertz CT molecular complexity index is 600. The van der Waals surface area contributed by atoms with Gasteiger partial charge in [-0.05, 0) is 34.6 Å². The lowest BCUT2D eigenvalue weighted by Crippen LogP contribution is -2.11. The molecule has 0 saturated heterocycles. The van der Waals surface area contributed by atoms with Gasteiger partial charge in [0.15, 0.2) is 11.5 Å². The van der Waals surface area contributed by atoms with Gasteiger partial charge in [-0.2, -0.15) is 0 Å². The lowest BCUT2D eigenvalue weighted by Gasteiger charge is -2.02. The molecule has 0 saturated carbocycles. The number of nitrogens with zero attached hydrogens (tertiary/aromatic N) is 1. The van der Waals surface area contributed by atoms with Crippen molar-refractivity contribution in [1.29, 1.82) is 0 Å². The van der Waals surface area contributed by atoms with Gasteiger partial charge < -0.3 is 14.8 Å². The summed E-state index contributed by atoms with van der Waals surface area (Å²) in [6.45, 7) is 4.12. The molecule has 1 N–H and O–H groups in total. The summed E-state index contributed by atoms with van der Waals surface area (Å²) in [6.07, 6.45) is 0. The predicted octanol–water partition coefficient (Wildman–Crippen LogP) is 3.41. The lowest BCUT2D eigenvalue weighted by atomic mass is 10.2. The zero-order valence-corrected chi connectivity index (χ0v) is 12.8. The van der Waals surface area contributed by atoms with Crippen molar-refractivity contribution in [3.8, 4) is 22.1 Å². The van der Waals surface area contributed by atoms with Crippen molar-refractivity contribution in [3.05, 3.63) is 27.7 Å². The zero-order chi connectivity index (χ0) is 13.2. The van der Waals surface area contributed by atoms with Crippen LogP contribution < -0.4 is 14.8 Å². The Morgan fingerprint density at radius 1 is 1.42 bits per heavy atom. The summed E-state index contributed by atoms with van der Waals surface area (Å²) < 4.78 is 11.7. The predicted molar refractivity (Wildman–Crippen MR) is 78.8 cm³/mol. The molecule has 1 aliphatic rings. The minimum Gasteiger partial charge on any atom is -0.454 e. The Kier molecular flexibility index (Phi) is 3.72. The van der Waals surface area contributed by atoms with Crippen LogP contribution >= 0.6 is 27.3 Å². The highest BCUT2D eigenvalue weighted by atomic mass is 79.9. The molecular weight excluding hydrogens is 328 g/mol. The van der Waals surface area contributed by atoms with E-state index in [2.05, 4.69) is 38.5 Å². The van der Waals surface area contributed by atoms with Crippen LogP contribution in [-0.4, -0.2) is 18.3 Å². The fourth-order valence-corrected chi connectivity index (χ4v) is 3.23. The lowest BCUT2D eigenvalue weighted by molar-refractivity contribution is 0.173. The molecule has 100 valence electrons. The van der Waals surface area contributed by atoms with Crippen LogP contribution in [0.2, 0.25) is 0 Å². The van der Waals surface area contributed by atoms with Gasteiger partial charge >= 0.3 is 0 Å². The number of halogens is 1. The maximum Gasteiger partial charge on any atom is 0.231 e. The van der Waals surface area contributed by atoms with E-state index in [1.54, 1.807) is 11.3 Å². The van der Waals surface area contributed by atoms with Crippen LogP contribution in [0.1, 0.15) is 12.6 Å². The molecule has 19 heavy (non-hydrogen) atoms. The highest BCUT2D eigenvalue weighted by molar-refractivity contribution is 9.10. The van der Waals surface area contributed by atoms with Crippen molar-refractivity contribution in [3.63, 3.8) is 0 Å². The van der Waals surface area contributed by atoms with Crippen molar-refractivity contribution in [1.82, 2.24) is 10.3 Å². The minimum absolute atomic E-state index is 0.279. The second-order valence-electron chi connectivity index (χ2n) is 4.12. The molecule has 1 aromatic heterocycles. The molecule has 0 spiro atoms. The summed E-state index contributed by atoms with van der Waals surface area (Å²) in [5.74, 6) is 1.54. The maximum absolute atomic E-state index is 5.43. The molecule has 0 amide bonds. The SMILES string of the molecule is CCNCc1csc(-c2cc(Br)c3c(c2)OCO3)n1. The van der Waals surface area contributed by atoms with Gasteiger partial charge in [0.1, 0.15) is 5.01 Å². The van der Waals surface area contributed by atoms with E-state index < -0.39 is 0 Å². The third kappa shape index (κ3) is 2.61. The standard InChI is InChI=1S/C13H13BrN2O2S/c1-2-15-5-9-6-19-13(16-9)8-3-10(14)12-11(4-8)17-7-18-12/h3-4,6,15H,2,5,7H2,1H3. The van der Waals surface area contributed by atoms with E-state index in [9.17, 15) is 0 Å². The van der Waals surface area contributed by atoms with Gasteiger partial charge in [-0.25, -0.2) is 4.98 Å². The van der Waals surface area contributed by atoms with E-state index in [1.165, 1.54) is 0 Å². The first-order valence-corrected chi connectivity index (χ1v) is 7.70. The van der Waals surface area contributed by atoms with Crippen LogP contribution in [0, 0.1) is 0 Å². The first-order chi connectivity index (χ1) is 9.28. The van der Waals surface area contributed by atoms with E-state index in [0.717, 1.165) is 45.3 Å². The Morgan fingerprint density at radius 2 is 2.32 bits per heavy atom. The van der Waals surface area contributed by atoms with Gasteiger partial charge in [0.2, 0.25) is 6.79 Å². The minimum atomic E-state index is 0.279. The largest absolute Gasteiger partial charge is 0.454 e. The second kappa shape index (κ2) is 5.48. The molecule has 1 aromatic carbocycles. The Morgan fingerprint density at radius 3 is 3.16 bits per heavy atom. The quantitative estimate of drug-likeness (QED) is 0.926. The molecule has 0 radical (unpaired) electrons. The molecule has 0 atom stereocenters. The number of fused-ring (bicyclic) bond motifs is 1. The van der Waals surface area contributed by atoms with Gasteiger partial charge in [-0.15, -0.1) is 11.3 Å². The fraction of sp³-hybridized carbons (Fsp3) is 0.308. The molecule has 0 bridgehead atoms. The second-order valence-corrected chi connectivity index (χ2v) is 5.83. The van der Waals surface area contributed by atoms with Crippen LogP contribution in [0.25, 0.3) is 10.6 Å². The molecular formula is C13H13BrN2O2S. The Hall–Kier alpha value is -1.11. The van der Waals surface area contributed by atoms with Crippen LogP contribution in [-0.2, 0) is 6.54 Å². The number of hydrogen-bond donors (Lipinski definition) is 1. The molecule has 3 rings (SSSR count). The topological polar surface area (TPSA) is 43.4 Å². The van der Waals surface area contributed by atoms with Crippen LogP contribution in [0.15, 0.2) is 22.0 Å². The molecule has 0 fully saturated rings. The number of ether oxygens (including phenoxy) is 2. The van der Waals surface area contributed by atoms with E-state index >= 15 is 0 Å². The van der Waals surface area contributed by atoms with Gasteiger partial charge in [0, 0.05) is 17.5 Å². The van der Waals surface area contributed by atoms with Crippen molar-refractivity contribution < 1.29 is 9.47 Å². The van der Waals surface area contributed by atoms with Crippen molar-refractivity contribution in [2.45, 2.75) is 13.5 Å². The van der Waals surface area contributed by atoms with Crippen molar-refractivity contribution >= 4 is 27.3 Å². The smallest absolute Gasteiger partial charge is 0.231 e. The number of hydrogen-bond acceptors (Lipinski definition) is 5. The van der Waals surface area contributed by atoms with Crippen LogP contribution in [0.3, 0.4) is 0 Å². The molecule has 0 unspecified atom stereocenters. The third-order valence-electron chi connectivity index (χ3n) is 2.78. The van der Waals surface area contributed by atoms with Crippen molar-refractivity contribution in [2.24, 2.45) is 0 Å². The molecule has 2 aromatic rings. The van der Waals surface area contributed by atoms with E-state index in [1.807, 2.05) is 12.1 Å². The number of thiazole rings is 1. The van der Waals surface area contributed by atoms with E-state index in [-0.39, 0.29) is 6.79 Å². The summed E-state index contributed by atoms with van der Waals surface area (Å²) in [5.41, 5.74) is 2.11. The molecule has 2 heterocycles. The number of rotatable bonds is 4. The monoisotopic (exact) mass is 340 g/mol. The van der Waals surface area contributed by atoms with Gasteiger partial charge in [-0.3, -0.25) is 0 Å². The van der Waals surface area contributed by atoms with Crippen molar-refractivity contribution in [2.75, 3.05) is 13.3 Å². The highest BCUT2D eigenvalue weighted by Gasteiger charge is 2.19. The summed E-state index contributed by atoms with van der Waals surface area (Å²) in [5, 5.41) is 6.34. The van der Waals surface area contributed by atoms with Gasteiger partial charge in [0.05, 0.1) is 10.2 Å². The molecule has 6 heteroatoms. The summed E-state index contributed by atoms with van der Waals surface area (Å²) in [6, 6.07) is 3.99. The van der Waals surface area contributed by atoms with Gasteiger partial charge in [-0.1, -0.05) is 6.92 Å². The first-order valence-electron chi connectivity index (χ1n) is 6.02. The average Bonchev–Trinajstić information content (AvgIpc) is 3.05. The third-order valence-corrected chi connectivity index (χ3v) is 4.31. The summed E-state index contributed by atoms with van der Waals surface area (Å²) in [7, 11) is 0. The van der Waals surface area contributed by atoms with Crippen LogP contribution in [0.4, 0.5) is 0 Å². The Balaban J connectivity index is 1.90. The molecule has 4 nitrogen and oxygen atoms in total.